The van der Waals surface area contributed by atoms with Crippen LogP contribution < -0.4 is 10.1 Å². The van der Waals surface area contributed by atoms with Crippen LogP contribution in [0.25, 0.3) is 6.08 Å². The number of carbonyl (C=O) groups is 3. The van der Waals surface area contributed by atoms with Crippen molar-refractivity contribution in [1.82, 2.24) is 10.2 Å². The number of urea groups is 1. The summed E-state index contributed by atoms with van der Waals surface area (Å²) in [4.78, 5) is 38.5. The van der Waals surface area contributed by atoms with Gasteiger partial charge in [0.05, 0.1) is 10.2 Å². The van der Waals surface area contributed by atoms with E-state index in [0.717, 1.165) is 41.4 Å². The van der Waals surface area contributed by atoms with Gasteiger partial charge >= 0.3 is 6.03 Å². The van der Waals surface area contributed by atoms with E-state index >= 15 is 0 Å². The number of rotatable bonds is 4. The number of benzene rings is 1. The Labute approximate surface area is 166 Å². The van der Waals surface area contributed by atoms with Crippen LogP contribution >= 0.6 is 22.6 Å². The number of nitrogens with zero attached hydrogens (tertiary/aromatic N) is 1. The van der Waals surface area contributed by atoms with Gasteiger partial charge in [-0.15, -0.1) is 0 Å². The molecule has 0 radical (unpaired) electrons. The van der Waals surface area contributed by atoms with Crippen LogP contribution in [0.15, 0.2) is 23.8 Å². The highest BCUT2D eigenvalue weighted by atomic mass is 127. The highest BCUT2D eigenvalue weighted by molar-refractivity contribution is 14.1. The molecule has 2 aliphatic rings. The lowest BCUT2D eigenvalue weighted by molar-refractivity contribution is -0.132. The lowest BCUT2D eigenvalue weighted by atomic mass is 9.93. The Bertz CT molecular complexity index is 769. The van der Waals surface area contributed by atoms with Gasteiger partial charge in [-0.3, -0.25) is 19.8 Å². The van der Waals surface area contributed by atoms with E-state index in [0.29, 0.717) is 12.2 Å². The molecule has 1 saturated heterocycles. The summed E-state index contributed by atoms with van der Waals surface area (Å²) >= 11 is 2.15. The largest absolute Gasteiger partial charge is 0.493 e. The van der Waals surface area contributed by atoms with Crippen LogP contribution in [0.2, 0.25) is 0 Å². The SMILES string of the molecule is CCOc1ccc(C=C2C(=O)NC(=O)N(C3CCCCC3)C2=O)cc1I. The molecule has 3 rings (SSSR count). The molecule has 1 N–H and O–H groups in total. The van der Waals surface area contributed by atoms with Gasteiger partial charge in [0, 0.05) is 6.04 Å². The first-order valence-electron chi connectivity index (χ1n) is 8.84. The molecule has 1 aliphatic heterocycles. The molecule has 7 heteroatoms. The van der Waals surface area contributed by atoms with Gasteiger partial charge in [-0.25, -0.2) is 4.79 Å². The number of barbiturate groups is 1. The number of ether oxygens (including phenoxy) is 1. The average molecular weight is 468 g/mol. The van der Waals surface area contributed by atoms with Gasteiger partial charge in [-0.2, -0.15) is 0 Å². The van der Waals surface area contributed by atoms with Gasteiger partial charge in [0.2, 0.25) is 0 Å². The molecule has 0 atom stereocenters. The molecule has 2 fully saturated rings. The van der Waals surface area contributed by atoms with Crippen molar-refractivity contribution in [3.63, 3.8) is 0 Å². The minimum Gasteiger partial charge on any atom is -0.493 e. The molecule has 1 aromatic carbocycles. The molecule has 6 nitrogen and oxygen atoms in total. The van der Waals surface area contributed by atoms with Crippen molar-refractivity contribution in [2.24, 2.45) is 0 Å². The average Bonchev–Trinajstić information content (AvgIpc) is 2.62. The van der Waals surface area contributed by atoms with Crippen molar-refractivity contribution >= 4 is 46.5 Å². The summed E-state index contributed by atoms with van der Waals surface area (Å²) in [5, 5.41) is 2.31. The van der Waals surface area contributed by atoms with Crippen molar-refractivity contribution in [1.29, 1.82) is 0 Å². The van der Waals surface area contributed by atoms with Crippen molar-refractivity contribution in [3.05, 3.63) is 32.9 Å². The molecule has 1 heterocycles. The Morgan fingerprint density at radius 3 is 2.62 bits per heavy atom. The van der Waals surface area contributed by atoms with Crippen molar-refractivity contribution < 1.29 is 19.1 Å². The third kappa shape index (κ3) is 3.92. The zero-order valence-electron chi connectivity index (χ0n) is 14.6. The molecule has 1 saturated carbocycles. The van der Waals surface area contributed by atoms with E-state index < -0.39 is 17.8 Å². The fraction of sp³-hybridized carbons (Fsp3) is 0.421. The van der Waals surface area contributed by atoms with Gasteiger partial charge in [0.15, 0.2) is 0 Å². The topological polar surface area (TPSA) is 75.7 Å². The number of imide groups is 2. The Morgan fingerprint density at radius 2 is 1.96 bits per heavy atom. The normalized spacial score (nSPS) is 20.5. The summed E-state index contributed by atoms with van der Waals surface area (Å²) in [5.41, 5.74) is 0.712. The minimum absolute atomic E-state index is 0.00451. The number of carbonyl (C=O) groups excluding carboxylic acids is 3. The van der Waals surface area contributed by atoms with Crippen LogP contribution in [0.4, 0.5) is 4.79 Å². The monoisotopic (exact) mass is 468 g/mol. The molecule has 1 aliphatic carbocycles. The van der Waals surface area contributed by atoms with E-state index in [1.807, 2.05) is 19.1 Å². The zero-order valence-corrected chi connectivity index (χ0v) is 16.7. The van der Waals surface area contributed by atoms with E-state index in [2.05, 4.69) is 27.9 Å². The molecular formula is C19H21IN2O4. The maximum atomic E-state index is 12.9. The highest BCUT2D eigenvalue weighted by Crippen LogP contribution is 2.27. The maximum absolute atomic E-state index is 12.9. The predicted octanol–water partition coefficient (Wildman–Crippen LogP) is 3.48. The Hall–Kier alpha value is -1.90. The first-order valence-corrected chi connectivity index (χ1v) is 9.92. The van der Waals surface area contributed by atoms with Gasteiger partial charge in [0.25, 0.3) is 11.8 Å². The molecule has 0 unspecified atom stereocenters. The van der Waals surface area contributed by atoms with E-state index in [1.54, 1.807) is 6.07 Å². The van der Waals surface area contributed by atoms with Crippen LogP contribution in [0, 0.1) is 3.57 Å². The predicted molar refractivity (Wildman–Crippen MR) is 106 cm³/mol. The van der Waals surface area contributed by atoms with Crippen molar-refractivity contribution in [2.45, 2.75) is 45.1 Å². The van der Waals surface area contributed by atoms with Crippen molar-refractivity contribution in [2.75, 3.05) is 6.61 Å². The maximum Gasteiger partial charge on any atom is 0.331 e. The molecule has 138 valence electrons. The molecular weight excluding hydrogens is 447 g/mol. The second-order valence-corrected chi connectivity index (χ2v) is 7.57. The first kappa shape index (κ1) is 18.9. The summed E-state index contributed by atoms with van der Waals surface area (Å²) < 4.78 is 6.40. The Morgan fingerprint density at radius 1 is 1.23 bits per heavy atom. The number of hydrogen-bond donors (Lipinski definition) is 1. The third-order valence-corrected chi connectivity index (χ3v) is 5.48. The van der Waals surface area contributed by atoms with Gasteiger partial charge < -0.3 is 4.74 Å². The summed E-state index contributed by atoms with van der Waals surface area (Å²) in [6.45, 7) is 2.48. The Balaban J connectivity index is 1.88. The van der Waals surface area contributed by atoms with Crippen LogP contribution in [0.1, 0.15) is 44.6 Å². The van der Waals surface area contributed by atoms with Crippen LogP contribution in [-0.4, -0.2) is 35.4 Å². The van der Waals surface area contributed by atoms with Gasteiger partial charge in [-0.05, 0) is 66.1 Å². The number of nitrogens with one attached hydrogen (secondary N) is 1. The van der Waals surface area contributed by atoms with Gasteiger partial charge in [-0.1, -0.05) is 25.3 Å². The molecule has 0 bridgehead atoms. The third-order valence-electron chi connectivity index (χ3n) is 4.64. The second kappa shape index (κ2) is 8.20. The smallest absolute Gasteiger partial charge is 0.331 e. The number of halogens is 1. The van der Waals surface area contributed by atoms with Crippen LogP contribution in [-0.2, 0) is 9.59 Å². The van der Waals surface area contributed by atoms with E-state index in [-0.39, 0.29) is 11.6 Å². The fourth-order valence-electron chi connectivity index (χ4n) is 3.39. The second-order valence-electron chi connectivity index (χ2n) is 6.41. The standard InChI is InChI=1S/C19H21IN2O4/c1-2-26-16-9-8-12(11-15(16)20)10-14-17(23)21-19(25)22(18(14)24)13-6-4-3-5-7-13/h8-11,13H,2-7H2,1H3,(H,21,23,25). The minimum atomic E-state index is -0.643. The molecule has 4 amide bonds. The fourth-order valence-corrected chi connectivity index (χ4v) is 4.08. The number of amides is 4. The summed E-state index contributed by atoms with van der Waals surface area (Å²) in [6.07, 6.45) is 6.23. The van der Waals surface area contributed by atoms with E-state index in [4.69, 9.17) is 4.74 Å². The lowest BCUT2D eigenvalue weighted by Crippen LogP contribution is -2.58. The summed E-state index contributed by atoms with van der Waals surface area (Å²) in [6, 6.07) is 4.72. The summed E-state index contributed by atoms with van der Waals surface area (Å²) in [5.74, 6) is -0.390. The molecule has 0 aromatic heterocycles. The molecule has 26 heavy (non-hydrogen) atoms. The lowest BCUT2D eigenvalue weighted by Gasteiger charge is -2.35. The van der Waals surface area contributed by atoms with Crippen LogP contribution in [0.5, 0.6) is 5.75 Å². The van der Waals surface area contributed by atoms with Gasteiger partial charge in [0.1, 0.15) is 11.3 Å². The molecule has 0 spiro atoms. The highest BCUT2D eigenvalue weighted by Gasteiger charge is 2.40. The quantitative estimate of drug-likeness (QED) is 0.417. The summed E-state index contributed by atoms with van der Waals surface area (Å²) in [7, 11) is 0. The van der Waals surface area contributed by atoms with E-state index in [1.165, 1.54) is 11.0 Å². The first-order chi connectivity index (χ1) is 12.5. The number of hydrogen-bond acceptors (Lipinski definition) is 4. The zero-order chi connectivity index (χ0) is 18.7. The molecule has 1 aromatic rings. The van der Waals surface area contributed by atoms with E-state index in [9.17, 15) is 14.4 Å². The Kier molecular flexibility index (Phi) is 5.95. The van der Waals surface area contributed by atoms with Crippen LogP contribution in [0.3, 0.4) is 0 Å². The van der Waals surface area contributed by atoms with Crippen molar-refractivity contribution in [3.8, 4) is 5.75 Å².